The van der Waals surface area contributed by atoms with E-state index in [1.54, 1.807) is 11.3 Å². The normalized spacial score (nSPS) is 24.8. The molecule has 104 valence electrons. The van der Waals surface area contributed by atoms with Crippen LogP contribution in [-0.4, -0.2) is 59.6 Å². The number of thiophene rings is 1. The Bertz CT molecular complexity index is 410. The van der Waals surface area contributed by atoms with Gasteiger partial charge < -0.3 is 4.90 Å². The second kappa shape index (κ2) is 6.26. The van der Waals surface area contributed by atoms with Gasteiger partial charge in [-0.05, 0) is 22.4 Å². The van der Waals surface area contributed by atoms with Gasteiger partial charge in [-0.3, -0.25) is 15.0 Å². The van der Waals surface area contributed by atoms with E-state index in [0.29, 0.717) is 5.91 Å². The summed E-state index contributed by atoms with van der Waals surface area (Å²) in [6.45, 7) is 4.73. The summed E-state index contributed by atoms with van der Waals surface area (Å²) in [5, 5.41) is 7.59. The van der Waals surface area contributed by atoms with Gasteiger partial charge in [0, 0.05) is 44.4 Å². The molecule has 1 N–H and O–H groups in total. The number of amides is 1. The highest BCUT2D eigenvalue weighted by molar-refractivity contribution is 7.99. The molecule has 1 amide bonds. The maximum atomic E-state index is 12.3. The number of hydrogen-bond acceptors (Lipinski definition) is 5. The van der Waals surface area contributed by atoms with E-state index in [4.69, 9.17) is 0 Å². The molecule has 0 spiro atoms. The van der Waals surface area contributed by atoms with Crippen molar-refractivity contribution in [2.24, 2.45) is 0 Å². The van der Waals surface area contributed by atoms with Gasteiger partial charge in [-0.25, -0.2) is 0 Å². The summed E-state index contributed by atoms with van der Waals surface area (Å²) in [6.07, 6.45) is 0. The third kappa shape index (κ3) is 3.31. The third-order valence-corrected chi connectivity index (χ3v) is 5.36. The molecule has 3 rings (SSSR count). The molecule has 19 heavy (non-hydrogen) atoms. The van der Waals surface area contributed by atoms with E-state index in [9.17, 15) is 4.79 Å². The summed E-state index contributed by atoms with van der Waals surface area (Å²) >= 11 is 3.56. The molecule has 0 bridgehead atoms. The van der Waals surface area contributed by atoms with Gasteiger partial charge in [0.1, 0.15) is 0 Å². The summed E-state index contributed by atoms with van der Waals surface area (Å²) in [6, 6.07) is 2.23. The lowest BCUT2D eigenvalue weighted by molar-refractivity contribution is -0.134. The highest BCUT2D eigenvalue weighted by Gasteiger charge is 2.29. The van der Waals surface area contributed by atoms with Crippen molar-refractivity contribution >= 4 is 29.0 Å². The number of piperazine rings is 1. The first-order valence-electron chi connectivity index (χ1n) is 6.66. The number of carbonyl (C=O) groups excluding carboxylic acids is 1. The van der Waals surface area contributed by atoms with Gasteiger partial charge >= 0.3 is 0 Å². The van der Waals surface area contributed by atoms with Crippen LogP contribution in [-0.2, 0) is 11.3 Å². The molecule has 0 aromatic carbocycles. The first-order chi connectivity index (χ1) is 9.33. The van der Waals surface area contributed by atoms with Crippen LogP contribution in [0.5, 0.6) is 0 Å². The van der Waals surface area contributed by atoms with Crippen molar-refractivity contribution in [2.75, 3.05) is 37.8 Å². The largest absolute Gasteiger partial charge is 0.339 e. The van der Waals surface area contributed by atoms with Crippen molar-refractivity contribution in [2.45, 2.75) is 12.6 Å². The zero-order chi connectivity index (χ0) is 13.1. The van der Waals surface area contributed by atoms with Crippen molar-refractivity contribution in [3.63, 3.8) is 0 Å². The summed E-state index contributed by atoms with van der Waals surface area (Å²) in [5.74, 6) is 2.13. The fourth-order valence-electron chi connectivity index (χ4n) is 2.54. The molecule has 3 heterocycles. The quantitative estimate of drug-likeness (QED) is 0.905. The molecule has 1 unspecified atom stereocenters. The Morgan fingerprint density at radius 2 is 2.21 bits per heavy atom. The molecule has 2 saturated heterocycles. The topological polar surface area (TPSA) is 35.6 Å². The summed E-state index contributed by atoms with van der Waals surface area (Å²) in [7, 11) is 0. The molecule has 0 aliphatic carbocycles. The van der Waals surface area contributed by atoms with E-state index in [2.05, 4.69) is 27.0 Å². The van der Waals surface area contributed by atoms with Crippen LogP contribution in [0.4, 0.5) is 0 Å². The van der Waals surface area contributed by atoms with Crippen LogP contribution in [0.1, 0.15) is 5.56 Å². The van der Waals surface area contributed by atoms with Crippen LogP contribution in [0.15, 0.2) is 16.8 Å². The van der Waals surface area contributed by atoms with E-state index in [-0.39, 0.29) is 6.04 Å². The number of nitrogens with one attached hydrogen (secondary N) is 1. The lowest BCUT2D eigenvalue weighted by Gasteiger charge is -2.35. The standard InChI is InChI=1S/C13H19N3OS2/c17-13(12-9-19-10-14-12)16-4-2-15(3-5-16)7-11-1-6-18-8-11/h1,6,8,12,14H,2-5,7,9-10H2. The fraction of sp³-hybridized carbons (Fsp3) is 0.615. The van der Waals surface area contributed by atoms with E-state index >= 15 is 0 Å². The Morgan fingerprint density at radius 1 is 1.37 bits per heavy atom. The minimum absolute atomic E-state index is 0.0495. The molecule has 2 aliphatic rings. The van der Waals surface area contributed by atoms with Gasteiger partial charge in [0.25, 0.3) is 0 Å². The Kier molecular flexibility index (Phi) is 4.42. The van der Waals surface area contributed by atoms with Gasteiger partial charge in [0.15, 0.2) is 0 Å². The lowest BCUT2D eigenvalue weighted by Crippen LogP contribution is -2.53. The Hall–Kier alpha value is -0.560. The van der Waals surface area contributed by atoms with Crippen molar-refractivity contribution in [1.82, 2.24) is 15.1 Å². The van der Waals surface area contributed by atoms with Crippen molar-refractivity contribution < 1.29 is 4.79 Å². The molecule has 2 aliphatic heterocycles. The predicted molar refractivity (Wildman–Crippen MR) is 80.4 cm³/mol. The first-order valence-corrected chi connectivity index (χ1v) is 8.76. The molecule has 2 fully saturated rings. The first kappa shape index (κ1) is 13.4. The molecule has 0 radical (unpaired) electrons. The average molecular weight is 297 g/mol. The number of nitrogens with zero attached hydrogens (tertiary/aromatic N) is 2. The van der Waals surface area contributed by atoms with E-state index in [0.717, 1.165) is 44.4 Å². The Labute approximate surface area is 122 Å². The number of hydrogen-bond donors (Lipinski definition) is 1. The second-order valence-electron chi connectivity index (χ2n) is 5.00. The van der Waals surface area contributed by atoms with Crippen molar-refractivity contribution in [3.8, 4) is 0 Å². The minimum atomic E-state index is 0.0495. The Balaban J connectivity index is 1.47. The van der Waals surface area contributed by atoms with Gasteiger partial charge in [0.05, 0.1) is 6.04 Å². The molecular formula is C13H19N3OS2. The highest BCUT2D eigenvalue weighted by atomic mass is 32.2. The minimum Gasteiger partial charge on any atom is -0.339 e. The Morgan fingerprint density at radius 3 is 2.84 bits per heavy atom. The summed E-state index contributed by atoms with van der Waals surface area (Å²) in [5.41, 5.74) is 1.39. The average Bonchev–Trinajstić information content (AvgIpc) is 3.12. The van der Waals surface area contributed by atoms with Crippen LogP contribution < -0.4 is 5.32 Å². The number of carbonyl (C=O) groups is 1. The van der Waals surface area contributed by atoms with Crippen LogP contribution >= 0.6 is 23.1 Å². The van der Waals surface area contributed by atoms with Gasteiger partial charge in [0.2, 0.25) is 5.91 Å². The molecule has 4 nitrogen and oxygen atoms in total. The zero-order valence-corrected chi connectivity index (χ0v) is 12.5. The molecule has 1 aromatic heterocycles. The van der Waals surface area contributed by atoms with Crippen molar-refractivity contribution in [3.05, 3.63) is 22.4 Å². The van der Waals surface area contributed by atoms with Gasteiger partial charge in [-0.15, -0.1) is 11.8 Å². The zero-order valence-electron chi connectivity index (χ0n) is 10.9. The van der Waals surface area contributed by atoms with Crippen LogP contribution in [0, 0.1) is 0 Å². The third-order valence-electron chi connectivity index (χ3n) is 3.68. The summed E-state index contributed by atoms with van der Waals surface area (Å²) in [4.78, 5) is 16.7. The lowest BCUT2D eigenvalue weighted by atomic mass is 10.2. The van der Waals surface area contributed by atoms with E-state index in [1.807, 2.05) is 16.7 Å². The molecule has 1 aromatic rings. The van der Waals surface area contributed by atoms with Crippen LogP contribution in [0.25, 0.3) is 0 Å². The number of thioether (sulfide) groups is 1. The van der Waals surface area contributed by atoms with Gasteiger partial charge in [-0.2, -0.15) is 11.3 Å². The van der Waals surface area contributed by atoms with Crippen molar-refractivity contribution in [1.29, 1.82) is 0 Å². The predicted octanol–water partition coefficient (Wildman–Crippen LogP) is 1.05. The monoisotopic (exact) mass is 297 g/mol. The number of rotatable bonds is 3. The molecule has 6 heteroatoms. The maximum Gasteiger partial charge on any atom is 0.240 e. The maximum absolute atomic E-state index is 12.3. The van der Waals surface area contributed by atoms with E-state index < -0.39 is 0 Å². The molecule has 1 atom stereocenters. The van der Waals surface area contributed by atoms with E-state index in [1.165, 1.54) is 5.56 Å². The fourth-order valence-corrected chi connectivity index (χ4v) is 4.13. The second-order valence-corrected chi connectivity index (χ2v) is 6.82. The molecular weight excluding hydrogens is 278 g/mol. The molecule has 0 saturated carbocycles. The summed E-state index contributed by atoms with van der Waals surface area (Å²) < 4.78 is 0. The van der Waals surface area contributed by atoms with Crippen LogP contribution in [0.2, 0.25) is 0 Å². The van der Waals surface area contributed by atoms with Gasteiger partial charge in [-0.1, -0.05) is 0 Å². The highest BCUT2D eigenvalue weighted by Crippen LogP contribution is 2.15. The van der Waals surface area contributed by atoms with Crippen LogP contribution in [0.3, 0.4) is 0 Å². The smallest absolute Gasteiger partial charge is 0.240 e. The SMILES string of the molecule is O=C(C1CSCN1)N1CCN(Cc2ccsc2)CC1.